The van der Waals surface area contributed by atoms with Crippen LogP contribution >= 0.6 is 0 Å². The fourth-order valence-electron chi connectivity index (χ4n) is 2.76. The summed E-state index contributed by atoms with van der Waals surface area (Å²) in [5.74, 6) is -0.254. The highest BCUT2D eigenvalue weighted by molar-refractivity contribution is 7.89. The minimum Gasteiger partial charge on any atom is -0.350 e. The zero-order valence-corrected chi connectivity index (χ0v) is 14.1. The van der Waals surface area contributed by atoms with E-state index in [-0.39, 0.29) is 16.8 Å². The van der Waals surface area contributed by atoms with Crippen molar-refractivity contribution in [2.24, 2.45) is 5.14 Å². The molecule has 1 aromatic rings. The van der Waals surface area contributed by atoms with E-state index in [4.69, 9.17) is 5.14 Å². The van der Waals surface area contributed by atoms with Gasteiger partial charge in [-0.25, -0.2) is 13.6 Å². The molecule has 0 aromatic heterocycles. The molecule has 5 nitrogen and oxygen atoms in total. The first-order valence-electron chi connectivity index (χ1n) is 7.04. The first kappa shape index (κ1) is 17.7. The van der Waals surface area contributed by atoms with Gasteiger partial charge in [-0.05, 0) is 50.8 Å². The van der Waals surface area contributed by atoms with Crippen molar-refractivity contribution in [3.63, 3.8) is 0 Å². The first-order chi connectivity index (χ1) is 9.59. The summed E-state index contributed by atoms with van der Waals surface area (Å²) in [7, 11) is -3.86. The Morgan fingerprint density at radius 3 is 2.33 bits per heavy atom. The Kier molecular flexibility index (Phi) is 5.53. The summed E-state index contributed by atoms with van der Waals surface area (Å²) in [6.45, 7) is 9.08. The number of hydrogen-bond donors (Lipinski definition) is 2. The van der Waals surface area contributed by atoms with Crippen LogP contribution in [-0.2, 0) is 10.0 Å². The summed E-state index contributed by atoms with van der Waals surface area (Å²) in [6, 6.07) is 1.73. The maximum Gasteiger partial charge on any atom is 0.252 e. The number of primary sulfonamides is 1. The lowest BCUT2D eigenvalue weighted by Gasteiger charge is -2.18. The highest BCUT2D eigenvalue weighted by Gasteiger charge is 2.23. The Morgan fingerprint density at radius 2 is 1.86 bits per heavy atom. The predicted molar refractivity (Wildman–Crippen MR) is 83.9 cm³/mol. The summed E-state index contributed by atoms with van der Waals surface area (Å²) in [5.41, 5.74) is 2.12. The third-order valence-corrected chi connectivity index (χ3v) is 4.71. The minimum absolute atomic E-state index is 0.0422. The number of nitrogens with two attached hydrogens (primary N) is 1. The van der Waals surface area contributed by atoms with Gasteiger partial charge in [0.1, 0.15) is 0 Å². The van der Waals surface area contributed by atoms with Gasteiger partial charge >= 0.3 is 0 Å². The van der Waals surface area contributed by atoms with Crippen LogP contribution in [0.2, 0.25) is 0 Å². The molecule has 3 N–H and O–H groups in total. The van der Waals surface area contributed by atoms with Crippen LogP contribution in [0.3, 0.4) is 0 Å². The molecule has 0 heterocycles. The molecule has 0 spiro atoms. The molecule has 0 radical (unpaired) electrons. The maximum atomic E-state index is 12.4. The van der Waals surface area contributed by atoms with E-state index in [9.17, 15) is 13.2 Å². The summed E-state index contributed by atoms with van der Waals surface area (Å²) in [4.78, 5) is 12.5. The molecular weight excluding hydrogens is 288 g/mol. The van der Waals surface area contributed by atoms with Gasteiger partial charge in [-0.2, -0.15) is 0 Å². The van der Waals surface area contributed by atoms with E-state index in [1.165, 1.54) is 0 Å². The number of benzene rings is 1. The van der Waals surface area contributed by atoms with Crippen LogP contribution < -0.4 is 10.5 Å². The average Bonchev–Trinajstić information content (AvgIpc) is 2.25. The Balaban J connectivity index is 3.34. The number of sulfonamides is 1. The standard InChI is InChI=1S/C15H24N2O3S/c1-6-7-11(4)17-15(18)13-9(2)8-10(3)14(12(13)5)21(16,19)20/h8,11H,6-7H2,1-5H3,(H,17,18)(H2,16,19,20). The molecule has 1 amide bonds. The molecule has 0 saturated carbocycles. The number of carbonyl (C=O) groups excluding carboxylic acids is 1. The molecule has 1 atom stereocenters. The third-order valence-electron chi connectivity index (χ3n) is 3.51. The van der Waals surface area contributed by atoms with E-state index in [2.05, 4.69) is 5.32 Å². The van der Waals surface area contributed by atoms with Gasteiger partial charge < -0.3 is 5.32 Å². The molecule has 21 heavy (non-hydrogen) atoms. The molecule has 0 aliphatic heterocycles. The minimum atomic E-state index is -3.86. The van der Waals surface area contributed by atoms with E-state index in [0.29, 0.717) is 16.7 Å². The van der Waals surface area contributed by atoms with Gasteiger partial charge in [0.25, 0.3) is 5.91 Å². The van der Waals surface area contributed by atoms with E-state index in [1.807, 2.05) is 13.8 Å². The van der Waals surface area contributed by atoms with Gasteiger partial charge in [0.05, 0.1) is 4.90 Å². The lowest BCUT2D eigenvalue weighted by atomic mass is 9.98. The topological polar surface area (TPSA) is 89.3 Å². The van der Waals surface area contributed by atoms with Crippen LogP contribution in [-0.4, -0.2) is 20.4 Å². The second-order valence-corrected chi connectivity index (χ2v) is 7.05. The van der Waals surface area contributed by atoms with Gasteiger partial charge in [-0.15, -0.1) is 0 Å². The van der Waals surface area contributed by atoms with Crippen molar-refractivity contribution < 1.29 is 13.2 Å². The molecule has 0 saturated heterocycles. The predicted octanol–water partition coefficient (Wildman–Crippen LogP) is 2.18. The summed E-state index contributed by atoms with van der Waals surface area (Å²) in [6.07, 6.45) is 1.84. The van der Waals surface area contributed by atoms with Crippen LogP contribution in [0.5, 0.6) is 0 Å². The summed E-state index contributed by atoms with van der Waals surface area (Å²) < 4.78 is 23.5. The van der Waals surface area contributed by atoms with Crippen molar-refractivity contribution in [3.05, 3.63) is 28.3 Å². The van der Waals surface area contributed by atoms with E-state index in [0.717, 1.165) is 18.4 Å². The van der Waals surface area contributed by atoms with Crippen molar-refractivity contribution in [3.8, 4) is 0 Å². The van der Waals surface area contributed by atoms with E-state index >= 15 is 0 Å². The van der Waals surface area contributed by atoms with Crippen LogP contribution in [0.15, 0.2) is 11.0 Å². The number of hydrogen-bond acceptors (Lipinski definition) is 3. The highest BCUT2D eigenvalue weighted by atomic mass is 32.2. The number of amides is 1. The quantitative estimate of drug-likeness (QED) is 0.873. The van der Waals surface area contributed by atoms with Gasteiger partial charge in [0.15, 0.2) is 0 Å². The number of carbonyl (C=O) groups is 1. The Morgan fingerprint density at radius 1 is 1.29 bits per heavy atom. The normalized spacial score (nSPS) is 13.0. The summed E-state index contributed by atoms with van der Waals surface area (Å²) >= 11 is 0. The molecule has 1 aromatic carbocycles. The van der Waals surface area contributed by atoms with Crippen LogP contribution in [0, 0.1) is 20.8 Å². The molecule has 0 aliphatic rings. The van der Waals surface area contributed by atoms with Crippen molar-refractivity contribution in [2.75, 3.05) is 0 Å². The molecule has 0 bridgehead atoms. The largest absolute Gasteiger partial charge is 0.350 e. The average molecular weight is 312 g/mol. The third kappa shape index (κ3) is 4.04. The molecule has 0 fully saturated rings. The lowest BCUT2D eigenvalue weighted by Crippen LogP contribution is -2.34. The maximum absolute atomic E-state index is 12.4. The van der Waals surface area contributed by atoms with Gasteiger partial charge in [-0.3, -0.25) is 4.79 Å². The van der Waals surface area contributed by atoms with Crippen LogP contribution in [0.25, 0.3) is 0 Å². The SMILES string of the molecule is CCCC(C)NC(=O)c1c(C)cc(C)c(S(N)(=O)=O)c1C. The molecule has 1 rings (SSSR count). The molecule has 0 aliphatic carbocycles. The second kappa shape index (κ2) is 6.58. The molecule has 6 heteroatoms. The van der Waals surface area contributed by atoms with Crippen molar-refractivity contribution >= 4 is 15.9 Å². The van der Waals surface area contributed by atoms with Crippen LogP contribution in [0.1, 0.15) is 53.7 Å². The Labute approximate surface area is 127 Å². The van der Waals surface area contributed by atoms with Crippen LogP contribution in [0.4, 0.5) is 0 Å². The summed E-state index contributed by atoms with van der Waals surface area (Å²) in [5, 5.41) is 8.17. The lowest BCUT2D eigenvalue weighted by molar-refractivity contribution is 0.0937. The van der Waals surface area contributed by atoms with Crippen molar-refractivity contribution in [1.29, 1.82) is 0 Å². The first-order valence-corrected chi connectivity index (χ1v) is 8.58. The number of nitrogens with one attached hydrogen (secondary N) is 1. The monoisotopic (exact) mass is 312 g/mol. The van der Waals surface area contributed by atoms with Crippen molar-refractivity contribution in [2.45, 2.75) is 58.4 Å². The highest BCUT2D eigenvalue weighted by Crippen LogP contribution is 2.25. The zero-order valence-electron chi connectivity index (χ0n) is 13.3. The number of aryl methyl sites for hydroxylation is 2. The van der Waals surface area contributed by atoms with Gasteiger partial charge in [0, 0.05) is 11.6 Å². The number of rotatable bonds is 5. The fourth-order valence-corrected chi connectivity index (χ4v) is 3.79. The van der Waals surface area contributed by atoms with E-state index < -0.39 is 10.0 Å². The Bertz CT molecular complexity index is 651. The second-order valence-electron chi connectivity index (χ2n) is 5.55. The van der Waals surface area contributed by atoms with Crippen molar-refractivity contribution in [1.82, 2.24) is 5.32 Å². The molecular formula is C15H24N2O3S. The molecule has 1 unspecified atom stereocenters. The molecule has 118 valence electrons. The Hall–Kier alpha value is -1.40. The zero-order chi connectivity index (χ0) is 16.4. The van der Waals surface area contributed by atoms with Gasteiger partial charge in [0.2, 0.25) is 10.0 Å². The smallest absolute Gasteiger partial charge is 0.252 e. The van der Waals surface area contributed by atoms with Gasteiger partial charge in [-0.1, -0.05) is 19.4 Å². The fraction of sp³-hybridized carbons (Fsp3) is 0.533. The van der Waals surface area contributed by atoms with E-state index in [1.54, 1.807) is 26.8 Å².